The number of hydrogen-bond donors (Lipinski definition) is 2. The van der Waals surface area contributed by atoms with Gasteiger partial charge in [-0.2, -0.15) is 13.9 Å². The zero-order valence-corrected chi connectivity index (χ0v) is 12.7. The molecule has 0 unspecified atom stereocenters. The first kappa shape index (κ1) is 17.4. The molecule has 1 amide bonds. The highest BCUT2D eigenvalue weighted by Crippen LogP contribution is 2.27. The molecule has 0 fully saturated rings. The maximum Gasteiger partial charge on any atom is 0.387 e. The third-order valence-corrected chi connectivity index (χ3v) is 3.11. The number of carbonyl (C=O) groups is 2. The first-order chi connectivity index (χ1) is 11.4. The average Bonchev–Trinajstić information content (AvgIpc) is 2.96. The molecule has 0 aliphatic heterocycles. The van der Waals surface area contributed by atoms with Crippen LogP contribution in [0.15, 0.2) is 30.5 Å². The lowest BCUT2D eigenvalue weighted by Crippen LogP contribution is -2.18. The van der Waals surface area contributed by atoms with Crippen LogP contribution in [0, 0.1) is 6.92 Å². The number of anilines is 1. The van der Waals surface area contributed by atoms with Gasteiger partial charge in [0.25, 0.3) is 0 Å². The second-order valence-electron chi connectivity index (χ2n) is 4.92. The number of carboxylic acids is 1. The molecule has 128 valence electrons. The number of ether oxygens (including phenoxy) is 1. The molecule has 2 rings (SSSR count). The van der Waals surface area contributed by atoms with E-state index in [0.29, 0.717) is 0 Å². The zero-order chi connectivity index (χ0) is 17.7. The SMILES string of the molecule is Cc1ccc(OC(F)F)c(NC(=O)CCn2nccc2C(=O)O)c1. The van der Waals surface area contributed by atoms with Gasteiger partial charge in [-0.05, 0) is 30.7 Å². The molecule has 7 nitrogen and oxygen atoms in total. The molecule has 9 heteroatoms. The van der Waals surface area contributed by atoms with Gasteiger partial charge in [0.05, 0.1) is 12.2 Å². The Bertz CT molecular complexity index is 746. The Hall–Kier alpha value is -2.97. The van der Waals surface area contributed by atoms with E-state index in [2.05, 4.69) is 15.2 Å². The Morgan fingerprint density at radius 3 is 2.79 bits per heavy atom. The van der Waals surface area contributed by atoms with Gasteiger partial charge in [-0.1, -0.05) is 6.07 Å². The summed E-state index contributed by atoms with van der Waals surface area (Å²) < 4.78 is 30.3. The van der Waals surface area contributed by atoms with Crippen LogP contribution in [-0.4, -0.2) is 33.4 Å². The maximum absolute atomic E-state index is 12.4. The highest BCUT2D eigenvalue weighted by molar-refractivity contribution is 5.92. The van der Waals surface area contributed by atoms with Crippen LogP contribution in [0.3, 0.4) is 0 Å². The summed E-state index contributed by atoms with van der Waals surface area (Å²) in [6.45, 7) is -1.23. The number of aromatic nitrogens is 2. The predicted molar refractivity (Wildman–Crippen MR) is 80.2 cm³/mol. The molecule has 1 aromatic heterocycles. The monoisotopic (exact) mass is 339 g/mol. The third-order valence-electron chi connectivity index (χ3n) is 3.11. The van der Waals surface area contributed by atoms with Gasteiger partial charge in [0.2, 0.25) is 5.91 Å². The number of benzene rings is 1. The minimum absolute atomic E-state index is 0.0390. The standard InChI is InChI=1S/C15H15F2N3O4/c1-9-2-3-12(24-15(16)17)10(8-9)19-13(21)5-7-20-11(14(22)23)4-6-18-20/h2-4,6,8,15H,5,7H2,1H3,(H,19,21)(H,22,23). The summed E-state index contributed by atoms with van der Waals surface area (Å²) in [6, 6.07) is 5.74. The molecule has 0 saturated heterocycles. The predicted octanol–water partition coefficient (Wildman–Crippen LogP) is 2.52. The first-order valence-corrected chi connectivity index (χ1v) is 6.97. The highest BCUT2D eigenvalue weighted by atomic mass is 19.3. The van der Waals surface area contributed by atoms with Gasteiger partial charge in [-0.15, -0.1) is 0 Å². The van der Waals surface area contributed by atoms with E-state index in [1.807, 2.05) is 0 Å². The van der Waals surface area contributed by atoms with E-state index < -0.39 is 18.5 Å². The topological polar surface area (TPSA) is 93.5 Å². The van der Waals surface area contributed by atoms with Crippen molar-refractivity contribution in [2.45, 2.75) is 26.5 Å². The van der Waals surface area contributed by atoms with Gasteiger partial charge in [-0.3, -0.25) is 9.48 Å². The molecule has 1 heterocycles. The van der Waals surface area contributed by atoms with Crippen molar-refractivity contribution in [3.8, 4) is 5.75 Å². The van der Waals surface area contributed by atoms with Crippen molar-refractivity contribution >= 4 is 17.6 Å². The van der Waals surface area contributed by atoms with Crippen molar-refractivity contribution in [1.29, 1.82) is 0 Å². The van der Waals surface area contributed by atoms with Crippen LogP contribution in [0.2, 0.25) is 0 Å². The summed E-state index contributed by atoms with van der Waals surface area (Å²) in [4.78, 5) is 22.9. The van der Waals surface area contributed by atoms with Crippen LogP contribution in [0.5, 0.6) is 5.75 Å². The number of hydrogen-bond acceptors (Lipinski definition) is 4. The Kier molecular flexibility index (Phi) is 5.46. The van der Waals surface area contributed by atoms with Crippen molar-refractivity contribution in [1.82, 2.24) is 9.78 Å². The van der Waals surface area contributed by atoms with Gasteiger partial charge in [-0.25, -0.2) is 4.79 Å². The summed E-state index contributed by atoms with van der Waals surface area (Å²) in [5, 5.41) is 15.3. The molecular formula is C15H15F2N3O4. The van der Waals surface area contributed by atoms with E-state index in [4.69, 9.17) is 5.11 Å². The van der Waals surface area contributed by atoms with Gasteiger partial charge >= 0.3 is 12.6 Å². The minimum atomic E-state index is -3.01. The average molecular weight is 339 g/mol. The number of aromatic carboxylic acids is 1. The minimum Gasteiger partial charge on any atom is -0.477 e. The number of carbonyl (C=O) groups excluding carboxylic acids is 1. The fourth-order valence-corrected chi connectivity index (χ4v) is 2.05. The molecule has 0 aliphatic carbocycles. The Morgan fingerprint density at radius 2 is 2.12 bits per heavy atom. The van der Waals surface area contributed by atoms with E-state index >= 15 is 0 Å². The summed E-state index contributed by atoms with van der Waals surface area (Å²) in [5.41, 5.74) is 0.839. The summed E-state index contributed by atoms with van der Waals surface area (Å²) >= 11 is 0. The number of alkyl halides is 2. The molecule has 24 heavy (non-hydrogen) atoms. The lowest BCUT2D eigenvalue weighted by atomic mass is 10.2. The molecule has 0 bridgehead atoms. The molecule has 0 atom stereocenters. The van der Waals surface area contributed by atoms with Crippen molar-refractivity contribution in [3.63, 3.8) is 0 Å². The van der Waals surface area contributed by atoms with Gasteiger partial charge in [0.1, 0.15) is 11.4 Å². The molecule has 0 aliphatic rings. The molecular weight excluding hydrogens is 324 g/mol. The van der Waals surface area contributed by atoms with Crippen molar-refractivity contribution < 1.29 is 28.2 Å². The second-order valence-corrected chi connectivity index (χ2v) is 4.92. The van der Waals surface area contributed by atoms with E-state index in [0.717, 1.165) is 5.56 Å². The lowest BCUT2D eigenvalue weighted by molar-refractivity contribution is -0.116. The second kappa shape index (κ2) is 7.53. The molecule has 0 spiro atoms. The number of halogens is 2. The van der Waals surface area contributed by atoms with Crippen LogP contribution in [0.1, 0.15) is 22.5 Å². The number of amides is 1. The Labute approximate surface area is 135 Å². The maximum atomic E-state index is 12.4. The lowest BCUT2D eigenvalue weighted by Gasteiger charge is -2.13. The summed E-state index contributed by atoms with van der Waals surface area (Å²) in [6.07, 6.45) is 1.24. The quantitative estimate of drug-likeness (QED) is 0.808. The number of carboxylic acid groups (broad SMARTS) is 1. The first-order valence-electron chi connectivity index (χ1n) is 6.97. The van der Waals surface area contributed by atoms with Crippen LogP contribution >= 0.6 is 0 Å². The third kappa shape index (κ3) is 4.51. The summed E-state index contributed by atoms with van der Waals surface area (Å²) in [5.74, 6) is -1.78. The smallest absolute Gasteiger partial charge is 0.387 e. The Balaban J connectivity index is 2.03. The number of aryl methyl sites for hydroxylation is 2. The van der Waals surface area contributed by atoms with E-state index in [1.54, 1.807) is 13.0 Å². The fourth-order valence-electron chi connectivity index (χ4n) is 2.05. The Morgan fingerprint density at radius 1 is 1.38 bits per heavy atom. The van der Waals surface area contributed by atoms with Crippen molar-refractivity contribution in [2.24, 2.45) is 0 Å². The van der Waals surface area contributed by atoms with E-state index in [-0.39, 0.29) is 30.1 Å². The van der Waals surface area contributed by atoms with Crippen molar-refractivity contribution in [2.75, 3.05) is 5.32 Å². The van der Waals surface area contributed by atoms with Crippen LogP contribution < -0.4 is 10.1 Å². The largest absolute Gasteiger partial charge is 0.477 e. The molecule has 1 aromatic carbocycles. The van der Waals surface area contributed by atoms with Crippen LogP contribution in [-0.2, 0) is 11.3 Å². The van der Waals surface area contributed by atoms with Gasteiger partial charge < -0.3 is 15.2 Å². The molecule has 0 radical (unpaired) electrons. The summed E-state index contributed by atoms with van der Waals surface area (Å²) in [7, 11) is 0. The van der Waals surface area contributed by atoms with Gasteiger partial charge in [0, 0.05) is 12.6 Å². The normalized spacial score (nSPS) is 10.7. The van der Waals surface area contributed by atoms with E-state index in [9.17, 15) is 18.4 Å². The van der Waals surface area contributed by atoms with E-state index in [1.165, 1.54) is 29.1 Å². The van der Waals surface area contributed by atoms with Gasteiger partial charge in [0.15, 0.2) is 0 Å². The molecule has 2 N–H and O–H groups in total. The molecule has 0 saturated carbocycles. The van der Waals surface area contributed by atoms with Crippen LogP contribution in [0.25, 0.3) is 0 Å². The highest BCUT2D eigenvalue weighted by Gasteiger charge is 2.14. The van der Waals surface area contributed by atoms with Crippen molar-refractivity contribution in [3.05, 3.63) is 41.7 Å². The molecule has 2 aromatic rings. The number of nitrogens with zero attached hydrogens (tertiary/aromatic N) is 2. The number of rotatable bonds is 7. The van der Waals surface area contributed by atoms with Crippen LogP contribution in [0.4, 0.5) is 14.5 Å². The zero-order valence-electron chi connectivity index (χ0n) is 12.7. The fraction of sp³-hybridized carbons (Fsp3) is 0.267. The number of nitrogens with one attached hydrogen (secondary N) is 1.